The van der Waals surface area contributed by atoms with Gasteiger partial charge in [0.05, 0.1) is 5.66 Å². The van der Waals surface area contributed by atoms with E-state index < -0.39 is 29.8 Å². The van der Waals surface area contributed by atoms with Gasteiger partial charge in [-0.2, -0.15) is 11.3 Å². The van der Waals surface area contributed by atoms with Gasteiger partial charge in [-0.05, 0) is 40.3 Å². The summed E-state index contributed by atoms with van der Waals surface area (Å²) in [7, 11) is -3.84. The van der Waals surface area contributed by atoms with Gasteiger partial charge in [-0.15, -0.1) is 0 Å². The third-order valence-electron chi connectivity index (χ3n) is 4.59. The molecule has 136 valence electrons. The smallest absolute Gasteiger partial charge is 0.314 e. The van der Waals surface area contributed by atoms with Crippen molar-refractivity contribution >= 4 is 24.7 Å². The lowest BCUT2D eigenvalue weighted by atomic mass is 9.71. The number of carbonyl (C=O) groups is 1. The van der Waals surface area contributed by atoms with Crippen LogP contribution in [0.15, 0.2) is 47.2 Å². The summed E-state index contributed by atoms with van der Waals surface area (Å²) in [4.78, 5) is 23.3. The second-order valence-corrected chi connectivity index (χ2v) is 10.8. The summed E-state index contributed by atoms with van der Waals surface area (Å²) in [5.74, 6) is -1.08. The van der Waals surface area contributed by atoms with Gasteiger partial charge >= 0.3 is 5.97 Å². The molecule has 0 saturated heterocycles. The number of rotatable bonds is 6. The van der Waals surface area contributed by atoms with Crippen molar-refractivity contribution in [3.63, 3.8) is 0 Å². The van der Waals surface area contributed by atoms with Gasteiger partial charge in [-0.3, -0.25) is 9.36 Å². The van der Waals surface area contributed by atoms with E-state index in [0.29, 0.717) is 5.56 Å². The largest absolute Gasteiger partial charge is 0.481 e. The molecule has 2 aromatic rings. The monoisotopic (exact) mass is 380 g/mol. The van der Waals surface area contributed by atoms with E-state index >= 15 is 0 Å². The summed E-state index contributed by atoms with van der Waals surface area (Å²) in [6.07, 6.45) is -0.0389. The van der Waals surface area contributed by atoms with E-state index in [9.17, 15) is 19.4 Å². The molecule has 0 radical (unpaired) electrons. The predicted octanol–water partition coefficient (Wildman–Crippen LogP) is 4.98. The third kappa shape index (κ3) is 4.05. The molecule has 0 amide bonds. The first-order valence-electron chi connectivity index (χ1n) is 8.11. The van der Waals surface area contributed by atoms with E-state index in [1.165, 1.54) is 11.3 Å². The minimum absolute atomic E-state index is 0.0389. The van der Waals surface area contributed by atoms with Crippen LogP contribution in [0.3, 0.4) is 0 Å². The minimum Gasteiger partial charge on any atom is -0.481 e. The summed E-state index contributed by atoms with van der Waals surface area (Å²) in [6.45, 7) is 7.07. The summed E-state index contributed by atoms with van der Waals surface area (Å²) < 4.78 is 13.5. The van der Waals surface area contributed by atoms with Gasteiger partial charge in [0.1, 0.15) is 5.41 Å². The van der Waals surface area contributed by atoms with E-state index in [4.69, 9.17) is 0 Å². The van der Waals surface area contributed by atoms with Gasteiger partial charge in [-0.25, -0.2) is 0 Å². The van der Waals surface area contributed by atoms with Crippen LogP contribution >= 0.6 is 18.7 Å². The molecule has 3 atom stereocenters. The van der Waals surface area contributed by atoms with Crippen LogP contribution in [0.1, 0.15) is 38.8 Å². The second kappa shape index (κ2) is 7.06. The van der Waals surface area contributed by atoms with Crippen molar-refractivity contribution in [1.29, 1.82) is 0 Å². The number of aliphatic carboxylic acids is 1. The molecule has 1 aromatic heterocycles. The summed E-state index contributed by atoms with van der Waals surface area (Å²) in [5, 5.41) is 13.6. The molecule has 1 aromatic carbocycles. The maximum atomic E-state index is 13.5. The molecule has 0 aliphatic rings. The molecule has 0 bridgehead atoms. The highest BCUT2D eigenvalue weighted by molar-refractivity contribution is 7.58. The van der Waals surface area contributed by atoms with E-state index in [0.717, 1.165) is 5.56 Å². The third-order valence-corrected chi connectivity index (χ3v) is 8.19. The Labute approximate surface area is 153 Å². The zero-order chi connectivity index (χ0) is 18.9. The molecule has 25 heavy (non-hydrogen) atoms. The topological polar surface area (TPSA) is 74.6 Å². The number of benzene rings is 1. The SMILES string of the molecule is CC(C)(C)C(C(C)(C(=O)O)c1ccsc1)P(=O)(O)Cc1ccccc1. The Hall–Kier alpha value is -1.42. The van der Waals surface area contributed by atoms with E-state index in [-0.39, 0.29) is 6.16 Å². The van der Waals surface area contributed by atoms with Crippen LogP contribution in [0, 0.1) is 5.41 Å². The molecule has 3 unspecified atom stereocenters. The van der Waals surface area contributed by atoms with Crippen LogP contribution in [-0.4, -0.2) is 21.6 Å². The van der Waals surface area contributed by atoms with Crippen LogP contribution in [0.5, 0.6) is 0 Å². The van der Waals surface area contributed by atoms with Crippen molar-refractivity contribution < 1.29 is 19.4 Å². The van der Waals surface area contributed by atoms with E-state index in [1.54, 1.807) is 35.9 Å². The first kappa shape index (κ1) is 19.9. The highest BCUT2D eigenvalue weighted by Gasteiger charge is 2.56. The molecule has 0 aliphatic carbocycles. The predicted molar refractivity (Wildman–Crippen MR) is 103 cm³/mol. The van der Waals surface area contributed by atoms with Crippen LogP contribution in [0.4, 0.5) is 0 Å². The Bertz CT molecular complexity index is 764. The fourth-order valence-electron chi connectivity index (χ4n) is 3.77. The van der Waals surface area contributed by atoms with Crippen LogP contribution < -0.4 is 0 Å². The van der Waals surface area contributed by atoms with Gasteiger partial charge in [0.2, 0.25) is 7.37 Å². The Kier molecular flexibility index (Phi) is 5.62. The minimum atomic E-state index is -3.84. The van der Waals surface area contributed by atoms with E-state index in [2.05, 4.69) is 0 Å². The highest BCUT2D eigenvalue weighted by atomic mass is 32.1. The molecule has 0 saturated carbocycles. The summed E-state index contributed by atoms with van der Waals surface area (Å²) in [6, 6.07) is 10.8. The maximum Gasteiger partial charge on any atom is 0.314 e. The van der Waals surface area contributed by atoms with Gasteiger partial charge in [-0.1, -0.05) is 51.1 Å². The number of thiophene rings is 1. The molecular weight excluding hydrogens is 355 g/mol. The Morgan fingerprint density at radius 1 is 1.16 bits per heavy atom. The lowest BCUT2D eigenvalue weighted by Gasteiger charge is -2.44. The number of carboxylic acid groups (broad SMARTS) is 1. The highest BCUT2D eigenvalue weighted by Crippen LogP contribution is 2.62. The van der Waals surface area contributed by atoms with Gasteiger partial charge in [0, 0.05) is 6.16 Å². The van der Waals surface area contributed by atoms with Gasteiger partial charge < -0.3 is 10.00 Å². The zero-order valence-corrected chi connectivity index (χ0v) is 16.7. The van der Waals surface area contributed by atoms with Gasteiger partial charge in [0.15, 0.2) is 0 Å². The van der Waals surface area contributed by atoms with Crippen LogP contribution in [0.25, 0.3) is 0 Å². The fraction of sp³-hybridized carbons (Fsp3) is 0.421. The van der Waals surface area contributed by atoms with Crippen molar-refractivity contribution in [2.75, 3.05) is 0 Å². The number of hydrogen-bond donors (Lipinski definition) is 2. The standard InChI is InChI=1S/C19H25O4PS/c1-18(2,3)16(19(4,17(20)21)15-10-11-25-13-15)24(22,23)12-14-8-6-5-7-9-14/h5-11,13,16H,12H2,1-4H3,(H,20,21)(H,22,23). The fourth-order valence-corrected chi connectivity index (χ4v) is 7.74. The number of hydrogen-bond acceptors (Lipinski definition) is 3. The molecule has 2 rings (SSSR count). The maximum absolute atomic E-state index is 13.5. The van der Waals surface area contributed by atoms with Crippen molar-refractivity contribution in [3.05, 3.63) is 58.3 Å². The normalized spacial score (nSPS) is 18.1. The molecule has 2 N–H and O–H groups in total. The first-order valence-corrected chi connectivity index (χ1v) is 11.0. The second-order valence-electron chi connectivity index (χ2n) is 7.69. The summed E-state index contributed by atoms with van der Waals surface area (Å²) in [5.41, 5.74) is -1.74. The molecular formula is C19H25O4PS. The molecule has 4 nitrogen and oxygen atoms in total. The van der Waals surface area contributed by atoms with Crippen LogP contribution in [0.2, 0.25) is 0 Å². The average Bonchev–Trinajstić information content (AvgIpc) is 3.00. The van der Waals surface area contributed by atoms with Crippen molar-refractivity contribution in [2.24, 2.45) is 5.41 Å². The molecule has 0 aliphatic heterocycles. The molecule has 1 heterocycles. The zero-order valence-electron chi connectivity index (χ0n) is 15.0. The van der Waals surface area contributed by atoms with Gasteiger partial charge in [0.25, 0.3) is 0 Å². The lowest BCUT2D eigenvalue weighted by molar-refractivity contribution is -0.144. The Morgan fingerprint density at radius 2 is 1.76 bits per heavy atom. The van der Waals surface area contributed by atoms with Crippen LogP contribution in [-0.2, 0) is 20.9 Å². The first-order chi connectivity index (χ1) is 11.5. The Morgan fingerprint density at radius 3 is 2.20 bits per heavy atom. The molecule has 6 heteroatoms. The lowest BCUT2D eigenvalue weighted by Crippen LogP contribution is -2.50. The Balaban J connectivity index is 2.59. The average molecular weight is 380 g/mol. The van der Waals surface area contributed by atoms with E-state index in [1.807, 2.05) is 39.0 Å². The molecule has 0 fully saturated rings. The number of carboxylic acids is 1. The summed E-state index contributed by atoms with van der Waals surface area (Å²) >= 11 is 1.39. The van der Waals surface area contributed by atoms with Crippen molar-refractivity contribution in [1.82, 2.24) is 0 Å². The van der Waals surface area contributed by atoms with Crippen molar-refractivity contribution in [2.45, 2.75) is 44.9 Å². The quantitative estimate of drug-likeness (QED) is 0.694. The molecule has 0 spiro atoms. The van der Waals surface area contributed by atoms with Crippen molar-refractivity contribution in [3.8, 4) is 0 Å².